The molecule has 5 heterocycles. The number of pyridine rings is 2. The van der Waals surface area contributed by atoms with Gasteiger partial charge in [0.25, 0.3) is 0 Å². The molecule has 0 radical (unpaired) electrons. The molecule has 2 aromatic carbocycles. The molecule has 13 heteroatoms. The minimum absolute atomic E-state index is 0.135. The Morgan fingerprint density at radius 2 is 1.12 bits per heavy atom. The second kappa shape index (κ2) is 21.5. The molecular formula is C55H63Cl2IN6O4. The fourth-order valence-electron chi connectivity index (χ4n) is 10.2. The molecule has 0 spiro atoms. The Morgan fingerprint density at radius 1 is 0.662 bits per heavy atom. The number of fused-ring (bicyclic) bond motifs is 4. The van der Waals surface area contributed by atoms with E-state index < -0.39 is 11.2 Å². The van der Waals surface area contributed by atoms with E-state index in [4.69, 9.17) is 42.6 Å². The molecule has 9 rings (SSSR count). The van der Waals surface area contributed by atoms with Crippen molar-refractivity contribution in [3.05, 3.63) is 147 Å². The topological polar surface area (TPSA) is 103 Å². The summed E-state index contributed by atoms with van der Waals surface area (Å²) in [5.41, 5.74) is 11.2. The number of alkyl halides is 1. The standard InChI is InChI=1S/C29H33ClN4O2.C26H30ClIN2O2/c1-29(2,3)36-28(35)34-14-9-20(10-15-34)26-24-7-6-23(30)18-22(24)17-21(8-13-33-16-12-31-19-33)25-5-4-11-32-27(25)26;1-26(2,3)32-25(31)30-13-9-17(10-14-30)23-21-7-6-20(27)16-19(21)15-18(8-11-28)22-5-4-12-29-24(22)23/h4-7,11-12,16-20,26H,8-10,13-15H2,1-3H3;4-7,12,15-17,23H,8-11,13-14H2,1-3H3. The Morgan fingerprint density at radius 3 is 1.53 bits per heavy atom. The number of rotatable bonds is 7. The summed E-state index contributed by atoms with van der Waals surface area (Å²) in [5, 5.41) is 1.49. The van der Waals surface area contributed by atoms with Crippen molar-refractivity contribution in [2.24, 2.45) is 11.8 Å². The number of amides is 2. The van der Waals surface area contributed by atoms with E-state index in [1.54, 1.807) is 0 Å². The van der Waals surface area contributed by atoms with Gasteiger partial charge in [-0.25, -0.2) is 14.6 Å². The van der Waals surface area contributed by atoms with Crippen LogP contribution >= 0.6 is 45.8 Å². The number of aromatic nitrogens is 4. The number of imidazole rings is 1. The van der Waals surface area contributed by atoms with Crippen molar-refractivity contribution in [1.29, 1.82) is 0 Å². The van der Waals surface area contributed by atoms with Crippen molar-refractivity contribution in [2.75, 3.05) is 30.6 Å². The maximum atomic E-state index is 12.7. The van der Waals surface area contributed by atoms with Gasteiger partial charge in [-0.05, 0) is 173 Å². The number of nitrogens with zero attached hydrogens (tertiary/aromatic N) is 6. The predicted molar refractivity (Wildman–Crippen MR) is 282 cm³/mol. The summed E-state index contributed by atoms with van der Waals surface area (Å²) in [6, 6.07) is 20.9. The lowest BCUT2D eigenvalue weighted by atomic mass is 9.76. The van der Waals surface area contributed by atoms with Gasteiger partial charge in [0.1, 0.15) is 11.2 Å². The van der Waals surface area contributed by atoms with Crippen LogP contribution in [0.1, 0.15) is 137 Å². The lowest BCUT2D eigenvalue weighted by Crippen LogP contribution is -2.42. The van der Waals surface area contributed by atoms with Gasteiger partial charge in [-0.3, -0.25) is 9.97 Å². The summed E-state index contributed by atoms with van der Waals surface area (Å²) in [7, 11) is 0. The number of likely N-dealkylation sites (tertiary alicyclic amines) is 2. The Bertz CT molecular complexity index is 2640. The van der Waals surface area contributed by atoms with Crippen molar-refractivity contribution in [1.82, 2.24) is 29.3 Å². The highest BCUT2D eigenvalue weighted by molar-refractivity contribution is 14.1. The molecule has 2 saturated heterocycles. The third kappa shape index (κ3) is 12.0. The Labute approximate surface area is 425 Å². The summed E-state index contributed by atoms with van der Waals surface area (Å²) in [4.78, 5) is 43.0. The molecule has 0 bridgehead atoms. The highest BCUT2D eigenvalue weighted by Gasteiger charge is 2.38. The van der Waals surface area contributed by atoms with Crippen LogP contribution in [0.25, 0.3) is 23.3 Å². The first-order chi connectivity index (χ1) is 32.5. The number of allylic oxidation sites excluding steroid dienone is 2. The zero-order chi connectivity index (χ0) is 48.2. The van der Waals surface area contributed by atoms with Gasteiger partial charge < -0.3 is 23.8 Å². The summed E-state index contributed by atoms with van der Waals surface area (Å²) in [6.07, 6.45) is 19.1. The third-order valence-electron chi connectivity index (χ3n) is 13.3. The highest BCUT2D eigenvalue weighted by Crippen LogP contribution is 2.47. The SMILES string of the molecule is CC(C)(C)OC(=O)N1CCC(C2c3ccc(Cl)cc3C=C(CCI)c3cccnc32)CC1.CC(C)(C)OC(=O)N1CCC(C2c3ccc(Cl)cc3C=C(CCn3ccnc3)c3cccnc32)CC1. The second-order valence-corrected chi connectivity index (χ2v) is 22.3. The first kappa shape index (κ1) is 49.7. The monoisotopic (exact) mass is 1070 g/mol. The van der Waals surface area contributed by atoms with Crippen molar-refractivity contribution in [2.45, 2.75) is 110 Å². The number of halogens is 3. The number of carbonyl (C=O) groups is 2. The van der Waals surface area contributed by atoms with Gasteiger partial charge in [-0.1, -0.05) is 82.2 Å². The minimum atomic E-state index is -0.491. The average molecular weight is 1070 g/mol. The molecule has 0 N–H and O–H groups in total. The first-order valence-electron chi connectivity index (χ1n) is 23.9. The maximum Gasteiger partial charge on any atom is 0.410 e. The van der Waals surface area contributed by atoms with Crippen LogP contribution in [-0.4, -0.2) is 83.3 Å². The van der Waals surface area contributed by atoms with E-state index >= 15 is 0 Å². The number of hydrogen-bond donors (Lipinski definition) is 0. The summed E-state index contributed by atoms with van der Waals surface area (Å²) in [5.74, 6) is 1.08. The molecule has 2 fully saturated rings. The molecule has 5 aromatic rings. The van der Waals surface area contributed by atoms with E-state index in [9.17, 15) is 9.59 Å². The fraction of sp³-hybridized carbons (Fsp3) is 0.436. The molecule has 358 valence electrons. The van der Waals surface area contributed by atoms with Crippen molar-refractivity contribution < 1.29 is 19.1 Å². The molecule has 3 aromatic heterocycles. The van der Waals surface area contributed by atoms with E-state index in [1.807, 2.05) is 107 Å². The van der Waals surface area contributed by atoms with E-state index in [2.05, 4.69) is 80.7 Å². The fourth-order valence-corrected chi connectivity index (χ4v) is 11.2. The van der Waals surface area contributed by atoms with Crippen LogP contribution in [0, 0.1) is 11.8 Å². The molecule has 2 amide bonds. The molecular weight excluding hydrogens is 1010 g/mol. The smallest absolute Gasteiger partial charge is 0.410 e. The van der Waals surface area contributed by atoms with Crippen molar-refractivity contribution in [3.8, 4) is 0 Å². The van der Waals surface area contributed by atoms with Gasteiger partial charge in [-0.2, -0.15) is 0 Å². The predicted octanol–water partition coefficient (Wildman–Crippen LogP) is 13.8. The van der Waals surface area contributed by atoms with E-state index in [0.29, 0.717) is 38.0 Å². The molecule has 2 aliphatic heterocycles. The molecule has 4 aliphatic rings. The molecule has 2 atom stereocenters. The van der Waals surface area contributed by atoms with Crippen LogP contribution in [-0.2, 0) is 16.0 Å². The quantitative estimate of drug-likeness (QED) is 0.118. The van der Waals surface area contributed by atoms with E-state index in [1.165, 1.54) is 39.0 Å². The zero-order valence-electron chi connectivity index (χ0n) is 40.1. The Hall–Kier alpha value is -4.72. The van der Waals surface area contributed by atoms with Gasteiger partial charge in [0, 0.05) is 83.8 Å². The Kier molecular flexibility index (Phi) is 15.7. The zero-order valence-corrected chi connectivity index (χ0v) is 43.7. The number of benzene rings is 2. The maximum absolute atomic E-state index is 12.7. The lowest BCUT2D eigenvalue weighted by molar-refractivity contribution is 0.0167. The van der Waals surface area contributed by atoms with E-state index in [-0.39, 0.29) is 24.0 Å². The molecule has 2 aliphatic carbocycles. The van der Waals surface area contributed by atoms with Crippen LogP contribution < -0.4 is 0 Å². The van der Waals surface area contributed by atoms with Crippen molar-refractivity contribution in [3.63, 3.8) is 0 Å². The number of aryl methyl sites for hydroxylation is 1. The van der Waals surface area contributed by atoms with Gasteiger partial charge in [0.15, 0.2) is 0 Å². The van der Waals surface area contributed by atoms with Gasteiger partial charge in [0.2, 0.25) is 0 Å². The van der Waals surface area contributed by atoms with Gasteiger partial charge in [-0.15, -0.1) is 0 Å². The van der Waals surface area contributed by atoms with Gasteiger partial charge in [0.05, 0.1) is 17.7 Å². The largest absolute Gasteiger partial charge is 0.444 e. The van der Waals surface area contributed by atoms with Crippen LogP contribution in [0.4, 0.5) is 9.59 Å². The minimum Gasteiger partial charge on any atom is -0.444 e. The third-order valence-corrected chi connectivity index (χ3v) is 14.3. The van der Waals surface area contributed by atoms with Crippen LogP contribution in [0.3, 0.4) is 0 Å². The molecule has 10 nitrogen and oxygen atoms in total. The highest BCUT2D eigenvalue weighted by atomic mass is 127. The van der Waals surface area contributed by atoms with Crippen LogP contribution in [0.15, 0.2) is 91.8 Å². The Balaban J connectivity index is 0.000000185. The van der Waals surface area contributed by atoms with E-state index in [0.717, 1.165) is 76.5 Å². The van der Waals surface area contributed by atoms with Crippen LogP contribution in [0.5, 0.6) is 0 Å². The number of piperidine rings is 2. The summed E-state index contributed by atoms with van der Waals surface area (Å²) >= 11 is 15.3. The number of carbonyl (C=O) groups excluding carboxylic acids is 2. The summed E-state index contributed by atoms with van der Waals surface area (Å²) < 4.78 is 14.4. The second-order valence-electron chi connectivity index (χ2n) is 20.3. The van der Waals surface area contributed by atoms with Crippen molar-refractivity contribution >= 4 is 81.3 Å². The number of hydrogen-bond acceptors (Lipinski definition) is 7. The molecule has 68 heavy (non-hydrogen) atoms. The normalized spacial score (nSPS) is 18.5. The average Bonchev–Trinajstić information content (AvgIpc) is 3.74. The first-order valence-corrected chi connectivity index (χ1v) is 26.2. The van der Waals surface area contributed by atoms with Gasteiger partial charge >= 0.3 is 12.2 Å². The summed E-state index contributed by atoms with van der Waals surface area (Å²) in [6.45, 7) is 15.1. The molecule has 0 saturated carbocycles. The molecule has 2 unspecified atom stereocenters. The van der Waals surface area contributed by atoms with Crippen LogP contribution in [0.2, 0.25) is 10.0 Å². The number of ether oxygens (including phenoxy) is 2. The lowest BCUT2D eigenvalue weighted by Gasteiger charge is -2.37.